The molecule has 0 aliphatic heterocycles. The number of alkyl halides is 2. The molecule has 0 radical (unpaired) electrons. The van der Waals surface area contributed by atoms with Crippen LogP contribution in [0.15, 0.2) is 41.5 Å². The highest BCUT2D eigenvalue weighted by Gasteiger charge is 2.11. The van der Waals surface area contributed by atoms with Crippen molar-refractivity contribution < 1.29 is 23.0 Å². The molecule has 2 N–H and O–H groups in total. The van der Waals surface area contributed by atoms with Crippen LogP contribution in [0.2, 0.25) is 0 Å². The monoisotopic (exact) mass is 422 g/mol. The van der Waals surface area contributed by atoms with Gasteiger partial charge in [-0.3, -0.25) is 0 Å². The summed E-state index contributed by atoms with van der Waals surface area (Å²) in [5.74, 6) is 1.18. The quantitative estimate of drug-likeness (QED) is 0.329. The number of aryl methyl sites for hydroxylation is 1. The SMILES string of the molecule is CCNC(=NCc1cc(C)ccc1OC(F)F)NCc1cccnc1OCCOC. The zero-order valence-corrected chi connectivity index (χ0v) is 17.5. The molecule has 0 bridgehead atoms. The molecule has 1 aromatic heterocycles. The minimum atomic E-state index is -2.89. The van der Waals surface area contributed by atoms with E-state index in [1.807, 2.05) is 26.0 Å². The van der Waals surface area contributed by atoms with Gasteiger partial charge in [0, 0.05) is 37.5 Å². The number of hydrogen-bond acceptors (Lipinski definition) is 5. The lowest BCUT2D eigenvalue weighted by Crippen LogP contribution is -2.37. The maximum absolute atomic E-state index is 12.7. The Hall–Kier alpha value is -2.94. The molecule has 0 unspecified atom stereocenters. The summed E-state index contributed by atoms with van der Waals surface area (Å²) in [6.45, 7) is 3.06. The first kappa shape index (κ1) is 23.3. The van der Waals surface area contributed by atoms with Crippen LogP contribution in [-0.4, -0.2) is 44.4 Å². The van der Waals surface area contributed by atoms with Gasteiger partial charge in [-0.1, -0.05) is 23.8 Å². The number of hydrogen-bond donors (Lipinski definition) is 2. The van der Waals surface area contributed by atoms with E-state index in [4.69, 9.17) is 9.47 Å². The van der Waals surface area contributed by atoms with Gasteiger partial charge >= 0.3 is 6.61 Å². The molecule has 0 fully saturated rings. The van der Waals surface area contributed by atoms with Crippen LogP contribution in [0.4, 0.5) is 8.78 Å². The van der Waals surface area contributed by atoms with E-state index in [9.17, 15) is 8.78 Å². The average molecular weight is 422 g/mol. The Morgan fingerprint density at radius 3 is 2.73 bits per heavy atom. The molecule has 2 rings (SSSR count). The van der Waals surface area contributed by atoms with E-state index < -0.39 is 6.61 Å². The molecule has 0 saturated carbocycles. The number of halogens is 2. The van der Waals surface area contributed by atoms with E-state index in [1.54, 1.807) is 25.4 Å². The van der Waals surface area contributed by atoms with Crippen molar-refractivity contribution in [2.24, 2.45) is 4.99 Å². The van der Waals surface area contributed by atoms with Crippen molar-refractivity contribution in [3.63, 3.8) is 0 Å². The molecule has 30 heavy (non-hydrogen) atoms. The van der Waals surface area contributed by atoms with Crippen LogP contribution in [0.3, 0.4) is 0 Å². The fourth-order valence-electron chi connectivity index (χ4n) is 2.64. The lowest BCUT2D eigenvalue weighted by molar-refractivity contribution is -0.0504. The molecular formula is C21H28F2N4O3. The summed E-state index contributed by atoms with van der Waals surface area (Å²) in [5, 5.41) is 6.35. The molecular weight excluding hydrogens is 394 g/mol. The summed E-state index contributed by atoms with van der Waals surface area (Å²) >= 11 is 0. The molecule has 164 valence electrons. The third-order valence-electron chi connectivity index (χ3n) is 4.01. The second-order valence-corrected chi connectivity index (χ2v) is 6.35. The molecule has 0 amide bonds. The molecule has 0 spiro atoms. The molecule has 0 aliphatic carbocycles. The lowest BCUT2D eigenvalue weighted by Gasteiger charge is -2.14. The Kier molecular flexibility index (Phi) is 9.79. The largest absolute Gasteiger partial charge is 0.475 e. The minimum Gasteiger partial charge on any atom is -0.475 e. The molecule has 0 saturated heterocycles. The Morgan fingerprint density at radius 2 is 2.00 bits per heavy atom. The van der Waals surface area contributed by atoms with Gasteiger partial charge in [0.2, 0.25) is 5.88 Å². The smallest absolute Gasteiger partial charge is 0.387 e. The first-order chi connectivity index (χ1) is 14.5. The highest BCUT2D eigenvalue weighted by molar-refractivity contribution is 5.79. The van der Waals surface area contributed by atoms with Gasteiger partial charge in [0.15, 0.2) is 5.96 Å². The van der Waals surface area contributed by atoms with Crippen LogP contribution in [-0.2, 0) is 17.8 Å². The van der Waals surface area contributed by atoms with Crippen LogP contribution in [0.25, 0.3) is 0 Å². The molecule has 0 aliphatic rings. The van der Waals surface area contributed by atoms with Gasteiger partial charge in [-0.2, -0.15) is 8.78 Å². The van der Waals surface area contributed by atoms with Gasteiger partial charge < -0.3 is 24.8 Å². The van der Waals surface area contributed by atoms with Gasteiger partial charge in [0.1, 0.15) is 12.4 Å². The third kappa shape index (κ3) is 7.82. The predicted octanol–water partition coefficient (Wildman–Crippen LogP) is 3.27. The number of nitrogens with one attached hydrogen (secondary N) is 2. The molecule has 9 heteroatoms. The fourth-order valence-corrected chi connectivity index (χ4v) is 2.64. The maximum Gasteiger partial charge on any atom is 0.387 e. The van der Waals surface area contributed by atoms with Crippen molar-refractivity contribution in [2.45, 2.75) is 33.5 Å². The van der Waals surface area contributed by atoms with E-state index in [0.717, 1.165) is 11.1 Å². The molecule has 7 nitrogen and oxygen atoms in total. The van der Waals surface area contributed by atoms with E-state index in [-0.39, 0.29) is 12.3 Å². The Bertz CT molecular complexity index is 819. The van der Waals surface area contributed by atoms with E-state index in [2.05, 4.69) is 25.3 Å². The topological polar surface area (TPSA) is 77.0 Å². The number of ether oxygens (including phenoxy) is 3. The molecule has 2 aromatic rings. The molecule has 1 aromatic carbocycles. The predicted molar refractivity (Wildman–Crippen MR) is 111 cm³/mol. The highest BCUT2D eigenvalue weighted by atomic mass is 19.3. The van der Waals surface area contributed by atoms with Gasteiger partial charge in [0.25, 0.3) is 0 Å². The lowest BCUT2D eigenvalue weighted by atomic mass is 10.1. The number of pyridine rings is 1. The van der Waals surface area contributed by atoms with Crippen molar-refractivity contribution >= 4 is 5.96 Å². The number of benzene rings is 1. The molecule has 0 atom stereocenters. The normalized spacial score (nSPS) is 11.5. The van der Waals surface area contributed by atoms with Crippen molar-refractivity contribution in [2.75, 3.05) is 26.9 Å². The summed E-state index contributed by atoms with van der Waals surface area (Å²) in [5.41, 5.74) is 2.38. The van der Waals surface area contributed by atoms with Crippen molar-refractivity contribution in [3.05, 3.63) is 53.2 Å². The fraction of sp³-hybridized carbons (Fsp3) is 0.429. The van der Waals surface area contributed by atoms with Crippen LogP contribution in [0.5, 0.6) is 11.6 Å². The maximum atomic E-state index is 12.7. The number of methoxy groups -OCH3 is 1. The van der Waals surface area contributed by atoms with Gasteiger partial charge in [-0.05, 0) is 26.0 Å². The first-order valence-electron chi connectivity index (χ1n) is 9.65. The molecule has 1 heterocycles. The number of aliphatic imine (C=N–C) groups is 1. The van der Waals surface area contributed by atoms with E-state index in [0.29, 0.717) is 43.7 Å². The number of aromatic nitrogens is 1. The number of rotatable bonds is 11. The van der Waals surface area contributed by atoms with Crippen LogP contribution < -0.4 is 20.1 Å². The number of nitrogens with zero attached hydrogens (tertiary/aromatic N) is 2. The van der Waals surface area contributed by atoms with Gasteiger partial charge in [-0.15, -0.1) is 0 Å². The Balaban J connectivity index is 2.08. The minimum absolute atomic E-state index is 0.122. The van der Waals surface area contributed by atoms with E-state index in [1.165, 1.54) is 6.07 Å². The summed E-state index contributed by atoms with van der Waals surface area (Å²) < 4.78 is 40.6. The summed E-state index contributed by atoms with van der Waals surface area (Å²) in [4.78, 5) is 8.75. The van der Waals surface area contributed by atoms with E-state index >= 15 is 0 Å². The van der Waals surface area contributed by atoms with Gasteiger partial charge in [-0.25, -0.2) is 9.98 Å². The van der Waals surface area contributed by atoms with Crippen LogP contribution in [0, 0.1) is 6.92 Å². The van der Waals surface area contributed by atoms with Crippen molar-refractivity contribution in [1.82, 2.24) is 15.6 Å². The third-order valence-corrected chi connectivity index (χ3v) is 4.01. The van der Waals surface area contributed by atoms with Crippen molar-refractivity contribution in [3.8, 4) is 11.6 Å². The second-order valence-electron chi connectivity index (χ2n) is 6.35. The summed E-state index contributed by atoms with van der Waals surface area (Å²) in [7, 11) is 1.61. The van der Waals surface area contributed by atoms with Gasteiger partial charge in [0.05, 0.1) is 13.2 Å². The van der Waals surface area contributed by atoms with Crippen LogP contribution in [0.1, 0.15) is 23.6 Å². The van der Waals surface area contributed by atoms with Crippen molar-refractivity contribution in [1.29, 1.82) is 0 Å². The zero-order valence-electron chi connectivity index (χ0n) is 17.5. The standard InChI is InChI=1S/C21H28F2N4O3/c1-4-24-21(26-13-16-6-5-9-25-19(16)29-11-10-28-3)27-14-17-12-15(2)7-8-18(17)30-20(22)23/h5-9,12,20H,4,10-11,13-14H2,1-3H3,(H2,24,26,27). The first-order valence-corrected chi connectivity index (χ1v) is 9.65. The second kappa shape index (κ2) is 12.6. The number of guanidine groups is 1. The summed E-state index contributed by atoms with van der Waals surface area (Å²) in [6, 6.07) is 8.77. The zero-order chi connectivity index (χ0) is 21.8. The average Bonchev–Trinajstić information content (AvgIpc) is 2.72. The Morgan fingerprint density at radius 1 is 1.17 bits per heavy atom. The Labute approximate surface area is 175 Å². The summed E-state index contributed by atoms with van der Waals surface area (Å²) in [6.07, 6.45) is 1.66. The van der Waals surface area contributed by atoms with Crippen LogP contribution >= 0.6 is 0 Å². The highest BCUT2D eigenvalue weighted by Crippen LogP contribution is 2.23.